The Bertz CT molecular complexity index is 335. The minimum atomic E-state index is -2.59. The molecule has 1 heterocycles. The number of aromatic nitrogens is 1. The lowest BCUT2D eigenvalue weighted by molar-refractivity contribution is 0.148. The number of alkyl halides is 3. The summed E-state index contributed by atoms with van der Waals surface area (Å²) in [7, 11) is 0. The molecule has 0 fully saturated rings. The molecule has 0 aliphatic heterocycles. The van der Waals surface area contributed by atoms with Crippen LogP contribution in [0.15, 0.2) is 6.07 Å². The predicted molar refractivity (Wildman–Crippen MR) is 57.4 cm³/mol. The first-order valence-corrected chi connectivity index (χ1v) is 5.34. The van der Waals surface area contributed by atoms with E-state index in [-0.39, 0.29) is 23.7 Å². The van der Waals surface area contributed by atoms with Gasteiger partial charge in [0.05, 0.1) is 29.4 Å². The third-order valence-electron chi connectivity index (χ3n) is 1.65. The Morgan fingerprint density at radius 1 is 1.57 bits per heavy atom. The fourth-order valence-corrected chi connectivity index (χ4v) is 2.15. The Labute approximate surface area is 98.4 Å². The molecular formula is C8H7ClF2INO. The van der Waals surface area contributed by atoms with Crippen molar-refractivity contribution in [3.05, 3.63) is 26.6 Å². The average molecular weight is 334 g/mol. The average Bonchev–Trinajstić information content (AvgIpc) is 2.15. The molecule has 1 rings (SSSR count). The molecular weight excluding hydrogens is 326 g/mol. The number of rotatable bonds is 3. The smallest absolute Gasteiger partial charge is 0.266 e. The van der Waals surface area contributed by atoms with Gasteiger partial charge in [-0.15, -0.1) is 11.6 Å². The third-order valence-corrected chi connectivity index (χ3v) is 2.79. The molecule has 0 bridgehead atoms. The molecule has 0 radical (unpaired) electrons. The van der Waals surface area contributed by atoms with E-state index in [2.05, 4.69) is 4.98 Å². The molecule has 0 aliphatic rings. The summed E-state index contributed by atoms with van der Waals surface area (Å²) in [6.45, 7) is -0.274. The number of halogens is 4. The summed E-state index contributed by atoms with van der Waals surface area (Å²) in [5, 5.41) is 8.82. The first kappa shape index (κ1) is 12.1. The molecule has 0 unspecified atom stereocenters. The number of pyridine rings is 1. The van der Waals surface area contributed by atoms with Gasteiger partial charge in [-0.05, 0) is 28.7 Å². The van der Waals surface area contributed by atoms with E-state index in [4.69, 9.17) is 16.7 Å². The highest BCUT2D eigenvalue weighted by molar-refractivity contribution is 14.1. The summed E-state index contributed by atoms with van der Waals surface area (Å²) >= 11 is 7.28. The molecule has 0 saturated carbocycles. The van der Waals surface area contributed by atoms with Crippen LogP contribution >= 0.6 is 34.2 Å². The zero-order valence-electron chi connectivity index (χ0n) is 6.98. The minimum Gasteiger partial charge on any atom is -0.390 e. The Morgan fingerprint density at radius 3 is 2.64 bits per heavy atom. The van der Waals surface area contributed by atoms with Crippen molar-refractivity contribution in [2.24, 2.45) is 0 Å². The topological polar surface area (TPSA) is 33.1 Å². The number of aliphatic hydroxyl groups excluding tert-OH is 1. The van der Waals surface area contributed by atoms with E-state index in [0.29, 0.717) is 9.26 Å². The van der Waals surface area contributed by atoms with Crippen LogP contribution in [0.3, 0.4) is 0 Å². The van der Waals surface area contributed by atoms with Gasteiger partial charge in [0.15, 0.2) is 0 Å². The summed E-state index contributed by atoms with van der Waals surface area (Å²) in [4.78, 5) is 3.83. The van der Waals surface area contributed by atoms with Crippen LogP contribution in [0, 0.1) is 3.57 Å². The largest absolute Gasteiger partial charge is 0.390 e. The second kappa shape index (κ2) is 5.18. The minimum absolute atomic E-state index is 0.0798. The molecule has 0 atom stereocenters. The summed E-state index contributed by atoms with van der Waals surface area (Å²) in [5.74, 6) is -0.0798. The maximum atomic E-state index is 12.5. The summed E-state index contributed by atoms with van der Waals surface area (Å²) in [6.07, 6.45) is -2.59. The highest BCUT2D eigenvalue weighted by Crippen LogP contribution is 2.28. The van der Waals surface area contributed by atoms with Gasteiger partial charge in [0.2, 0.25) is 0 Å². The van der Waals surface area contributed by atoms with Gasteiger partial charge >= 0.3 is 0 Å². The maximum absolute atomic E-state index is 12.5. The van der Waals surface area contributed by atoms with Gasteiger partial charge in [-0.2, -0.15) is 0 Å². The molecule has 0 amide bonds. The third kappa shape index (κ3) is 2.52. The fraction of sp³-hybridized carbons (Fsp3) is 0.375. The molecule has 6 heteroatoms. The van der Waals surface area contributed by atoms with Crippen LogP contribution in [0.2, 0.25) is 0 Å². The molecule has 78 valence electrons. The molecule has 1 aromatic heterocycles. The molecule has 1 aromatic rings. The van der Waals surface area contributed by atoms with Crippen molar-refractivity contribution in [1.29, 1.82) is 0 Å². The van der Waals surface area contributed by atoms with Crippen molar-refractivity contribution in [3.63, 3.8) is 0 Å². The SMILES string of the molecule is OCc1cc(I)c(C(F)F)c(CCl)n1. The van der Waals surface area contributed by atoms with Gasteiger partial charge < -0.3 is 5.11 Å². The van der Waals surface area contributed by atoms with Crippen LogP contribution in [-0.2, 0) is 12.5 Å². The quantitative estimate of drug-likeness (QED) is 0.681. The van der Waals surface area contributed by atoms with E-state index in [1.54, 1.807) is 22.6 Å². The van der Waals surface area contributed by atoms with Crippen LogP contribution in [-0.4, -0.2) is 10.1 Å². The van der Waals surface area contributed by atoms with Crippen LogP contribution in [0.4, 0.5) is 8.78 Å². The number of aliphatic hydroxyl groups is 1. The van der Waals surface area contributed by atoms with E-state index in [1.165, 1.54) is 6.07 Å². The molecule has 0 aromatic carbocycles. The van der Waals surface area contributed by atoms with Crippen molar-refractivity contribution in [2.75, 3.05) is 0 Å². The van der Waals surface area contributed by atoms with Gasteiger partial charge in [0.1, 0.15) is 0 Å². The van der Waals surface area contributed by atoms with Crippen molar-refractivity contribution >= 4 is 34.2 Å². The standard InChI is InChI=1S/C8H7ClF2INO/c9-2-6-7(8(10)11)5(12)1-4(3-14)13-6/h1,8,14H,2-3H2. The van der Waals surface area contributed by atoms with Gasteiger partial charge in [-0.25, -0.2) is 8.78 Å². The Kier molecular flexibility index (Phi) is 4.46. The van der Waals surface area contributed by atoms with Crippen LogP contribution in [0.5, 0.6) is 0 Å². The Balaban J connectivity index is 3.27. The summed E-state index contributed by atoms with van der Waals surface area (Å²) in [5.41, 5.74) is 0.352. The highest BCUT2D eigenvalue weighted by Gasteiger charge is 2.18. The van der Waals surface area contributed by atoms with Crippen molar-refractivity contribution in [3.8, 4) is 0 Å². The van der Waals surface area contributed by atoms with E-state index in [1.807, 2.05) is 0 Å². The molecule has 0 saturated heterocycles. The molecule has 0 aliphatic carbocycles. The number of nitrogens with zero attached hydrogens (tertiary/aromatic N) is 1. The van der Waals surface area contributed by atoms with Crippen LogP contribution < -0.4 is 0 Å². The zero-order chi connectivity index (χ0) is 10.7. The zero-order valence-corrected chi connectivity index (χ0v) is 9.89. The predicted octanol–water partition coefficient (Wildman–Crippen LogP) is 2.85. The molecule has 1 N–H and O–H groups in total. The number of hydrogen-bond acceptors (Lipinski definition) is 2. The fourth-order valence-electron chi connectivity index (χ4n) is 1.04. The number of hydrogen-bond donors (Lipinski definition) is 1. The molecule has 2 nitrogen and oxygen atoms in total. The van der Waals surface area contributed by atoms with Crippen molar-refractivity contribution < 1.29 is 13.9 Å². The van der Waals surface area contributed by atoms with Crippen molar-refractivity contribution in [1.82, 2.24) is 4.98 Å². The molecule has 14 heavy (non-hydrogen) atoms. The second-order valence-electron chi connectivity index (χ2n) is 2.55. The van der Waals surface area contributed by atoms with E-state index >= 15 is 0 Å². The second-order valence-corrected chi connectivity index (χ2v) is 3.98. The maximum Gasteiger partial charge on any atom is 0.266 e. The van der Waals surface area contributed by atoms with Crippen LogP contribution in [0.25, 0.3) is 0 Å². The van der Waals surface area contributed by atoms with Gasteiger partial charge in [0, 0.05) is 3.57 Å². The first-order chi connectivity index (χ1) is 6.60. The first-order valence-electron chi connectivity index (χ1n) is 3.73. The lowest BCUT2D eigenvalue weighted by Gasteiger charge is -2.09. The monoisotopic (exact) mass is 333 g/mol. The van der Waals surface area contributed by atoms with E-state index in [9.17, 15) is 8.78 Å². The normalized spacial score (nSPS) is 11.0. The lowest BCUT2D eigenvalue weighted by atomic mass is 10.2. The van der Waals surface area contributed by atoms with Crippen molar-refractivity contribution in [2.45, 2.75) is 18.9 Å². The highest BCUT2D eigenvalue weighted by atomic mass is 127. The lowest BCUT2D eigenvalue weighted by Crippen LogP contribution is -2.03. The Morgan fingerprint density at radius 2 is 2.21 bits per heavy atom. The van der Waals surface area contributed by atoms with E-state index in [0.717, 1.165) is 0 Å². The molecule has 0 spiro atoms. The van der Waals surface area contributed by atoms with Crippen LogP contribution in [0.1, 0.15) is 23.4 Å². The van der Waals surface area contributed by atoms with Gasteiger partial charge in [0.25, 0.3) is 6.43 Å². The summed E-state index contributed by atoms with van der Waals surface area (Å²) in [6, 6.07) is 1.43. The Hall–Kier alpha value is -0.0100. The van der Waals surface area contributed by atoms with Gasteiger partial charge in [-0.1, -0.05) is 0 Å². The van der Waals surface area contributed by atoms with E-state index < -0.39 is 6.43 Å². The summed E-state index contributed by atoms with van der Waals surface area (Å²) < 4.78 is 25.5. The van der Waals surface area contributed by atoms with Gasteiger partial charge in [-0.3, -0.25) is 4.98 Å².